The van der Waals surface area contributed by atoms with Crippen molar-refractivity contribution < 1.29 is 13.2 Å². The SMILES string of the molecule is NC(=S)c1cc(NCCC(F)(F)F)ccn1. The fraction of sp³-hybridized carbons (Fsp3) is 0.333. The first-order chi connectivity index (χ1) is 7.38. The van der Waals surface area contributed by atoms with Gasteiger partial charge in [-0.25, -0.2) is 0 Å². The summed E-state index contributed by atoms with van der Waals surface area (Å²) in [6.45, 7) is -0.190. The number of nitrogens with one attached hydrogen (secondary N) is 1. The highest BCUT2D eigenvalue weighted by Crippen LogP contribution is 2.19. The maximum Gasteiger partial charge on any atom is 0.390 e. The molecule has 0 saturated carbocycles. The second-order valence-electron chi connectivity index (χ2n) is 3.09. The third kappa shape index (κ3) is 4.43. The predicted octanol–water partition coefficient (Wildman–Crippen LogP) is 2.08. The first-order valence-corrected chi connectivity index (χ1v) is 4.86. The van der Waals surface area contributed by atoms with Crippen LogP contribution in [-0.2, 0) is 0 Å². The lowest BCUT2D eigenvalue weighted by Crippen LogP contribution is -2.15. The lowest BCUT2D eigenvalue weighted by atomic mass is 10.3. The van der Waals surface area contributed by atoms with E-state index in [0.29, 0.717) is 11.4 Å². The van der Waals surface area contributed by atoms with Gasteiger partial charge >= 0.3 is 6.18 Å². The van der Waals surface area contributed by atoms with E-state index in [1.807, 2.05) is 0 Å². The standard InChI is InChI=1S/C9H10F3N3S/c10-9(11,12)2-4-14-6-1-3-15-7(5-6)8(13)16/h1,3,5H,2,4H2,(H2,13,16)(H,14,15). The Kier molecular flexibility index (Phi) is 4.05. The second kappa shape index (κ2) is 5.11. The third-order valence-corrected chi connectivity index (χ3v) is 1.96. The zero-order chi connectivity index (χ0) is 12.2. The molecule has 0 bridgehead atoms. The van der Waals surface area contributed by atoms with Crippen molar-refractivity contribution in [1.29, 1.82) is 0 Å². The van der Waals surface area contributed by atoms with Crippen molar-refractivity contribution in [1.82, 2.24) is 4.98 Å². The van der Waals surface area contributed by atoms with Gasteiger partial charge in [-0.2, -0.15) is 13.2 Å². The number of pyridine rings is 1. The number of aromatic nitrogens is 1. The molecule has 0 saturated heterocycles. The number of hydrogen-bond donors (Lipinski definition) is 2. The zero-order valence-corrected chi connectivity index (χ0v) is 9.03. The Morgan fingerprint density at radius 2 is 2.19 bits per heavy atom. The molecule has 7 heteroatoms. The summed E-state index contributed by atoms with van der Waals surface area (Å²) in [4.78, 5) is 3.98. The molecule has 0 aromatic carbocycles. The number of nitrogens with two attached hydrogens (primary N) is 1. The number of halogens is 3. The van der Waals surface area contributed by atoms with E-state index < -0.39 is 12.6 Å². The van der Waals surface area contributed by atoms with Gasteiger partial charge < -0.3 is 11.1 Å². The smallest absolute Gasteiger partial charge is 0.388 e. The highest BCUT2D eigenvalue weighted by molar-refractivity contribution is 7.80. The van der Waals surface area contributed by atoms with Crippen LogP contribution in [0.4, 0.5) is 18.9 Å². The van der Waals surface area contributed by atoms with Crippen molar-refractivity contribution in [2.75, 3.05) is 11.9 Å². The Labute approximate surface area is 95.9 Å². The molecule has 3 nitrogen and oxygen atoms in total. The van der Waals surface area contributed by atoms with E-state index in [9.17, 15) is 13.2 Å². The summed E-state index contributed by atoms with van der Waals surface area (Å²) in [7, 11) is 0. The van der Waals surface area contributed by atoms with Crippen LogP contribution >= 0.6 is 12.2 Å². The van der Waals surface area contributed by atoms with Crippen molar-refractivity contribution in [2.45, 2.75) is 12.6 Å². The van der Waals surface area contributed by atoms with Crippen molar-refractivity contribution in [3.05, 3.63) is 24.0 Å². The van der Waals surface area contributed by atoms with Crippen LogP contribution in [0.2, 0.25) is 0 Å². The number of rotatable bonds is 4. The van der Waals surface area contributed by atoms with Gasteiger partial charge in [0.05, 0.1) is 12.1 Å². The Morgan fingerprint density at radius 3 is 2.75 bits per heavy atom. The summed E-state index contributed by atoms with van der Waals surface area (Å²) in [5.74, 6) is 0. The van der Waals surface area contributed by atoms with Gasteiger partial charge in [0.15, 0.2) is 0 Å². The van der Waals surface area contributed by atoms with Gasteiger partial charge in [0, 0.05) is 18.4 Å². The van der Waals surface area contributed by atoms with Crippen molar-refractivity contribution in [3.63, 3.8) is 0 Å². The van der Waals surface area contributed by atoms with Crippen molar-refractivity contribution in [3.8, 4) is 0 Å². The molecule has 16 heavy (non-hydrogen) atoms. The molecule has 0 unspecified atom stereocenters. The molecule has 0 spiro atoms. The molecular weight excluding hydrogens is 239 g/mol. The van der Waals surface area contributed by atoms with E-state index in [1.54, 1.807) is 6.07 Å². The number of hydrogen-bond acceptors (Lipinski definition) is 3. The van der Waals surface area contributed by atoms with Crippen LogP contribution in [0.15, 0.2) is 18.3 Å². The summed E-state index contributed by atoms with van der Waals surface area (Å²) >= 11 is 4.70. The minimum Gasteiger partial charge on any atom is -0.388 e. The van der Waals surface area contributed by atoms with Crippen LogP contribution in [-0.4, -0.2) is 22.7 Å². The lowest BCUT2D eigenvalue weighted by molar-refractivity contribution is -0.131. The van der Waals surface area contributed by atoms with E-state index in [4.69, 9.17) is 18.0 Å². The molecule has 0 atom stereocenters. The summed E-state index contributed by atoms with van der Waals surface area (Å²) in [6, 6.07) is 3.07. The van der Waals surface area contributed by atoms with E-state index in [2.05, 4.69) is 10.3 Å². The highest BCUT2D eigenvalue weighted by atomic mass is 32.1. The number of nitrogens with zero attached hydrogens (tertiary/aromatic N) is 1. The minimum atomic E-state index is -4.16. The maximum absolute atomic E-state index is 11.9. The summed E-state index contributed by atoms with van der Waals surface area (Å²) < 4.78 is 35.6. The van der Waals surface area contributed by atoms with Gasteiger partial charge in [-0.3, -0.25) is 4.98 Å². The van der Waals surface area contributed by atoms with Crippen molar-refractivity contribution >= 4 is 22.9 Å². The molecular formula is C9H10F3N3S. The maximum atomic E-state index is 11.9. The summed E-state index contributed by atoms with van der Waals surface area (Å²) in [5, 5.41) is 2.62. The highest BCUT2D eigenvalue weighted by Gasteiger charge is 2.26. The van der Waals surface area contributed by atoms with Gasteiger partial charge in [-0.05, 0) is 12.1 Å². The first-order valence-electron chi connectivity index (χ1n) is 4.45. The molecule has 0 aliphatic rings. The van der Waals surface area contributed by atoms with E-state index in [1.165, 1.54) is 12.3 Å². The van der Waals surface area contributed by atoms with Crippen LogP contribution < -0.4 is 11.1 Å². The van der Waals surface area contributed by atoms with Crippen LogP contribution in [0.5, 0.6) is 0 Å². The molecule has 1 aromatic heterocycles. The molecule has 1 rings (SSSR count). The minimum absolute atomic E-state index is 0.111. The molecule has 0 fully saturated rings. The average Bonchev–Trinajstić information content (AvgIpc) is 2.16. The van der Waals surface area contributed by atoms with E-state index in [-0.39, 0.29) is 11.5 Å². The molecule has 0 aliphatic heterocycles. The van der Waals surface area contributed by atoms with Crippen LogP contribution in [0.25, 0.3) is 0 Å². The van der Waals surface area contributed by atoms with Crippen LogP contribution in [0, 0.1) is 0 Å². The number of thiocarbonyl (C=S) groups is 1. The predicted molar refractivity (Wildman–Crippen MR) is 59.3 cm³/mol. The zero-order valence-electron chi connectivity index (χ0n) is 8.21. The quantitative estimate of drug-likeness (QED) is 0.802. The Bertz CT molecular complexity index is 379. The van der Waals surface area contributed by atoms with Crippen LogP contribution in [0.1, 0.15) is 12.1 Å². The summed E-state index contributed by atoms with van der Waals surface area (Å²) in [6.07, 6.45) is -3.62. The third-order valence-electron chi connectivity index (χ3n) is 1.75. The number of anilines is 1. The second-order valence-corrected chi connectivity index (χ2v) is 3.53. The monoisotopic (exact) mass is 249 g/mol. The fourth-order valence-corrected chi connectivity index (χ4v) is 1.14. The van der Waals surface area contributed by atoms with Gasteiger partial charge in [0.25, 0.3) is 0 Å². The molecule has 0 amide bonds. The van der Waals surface area contributed by atoms with Gasteiger partial charge in [0.2, 0.25) is 0 Å². The average molecular weight is 249 g/mol. The fourth-order valence-electron chi connectivity index (χ4n) is 1.02. The topological polar surface area (TPSA) is 50.9 Å². The molecule has 88 valence electrons. The lowest BCUT2D eigenvalue weighted by Gasteiger charge is -2.09. The first kappa shape index (κ1) is 12.7. The largest absolute Gasteiger partial charge is 0.390 e. The Balaban J connectivity index is 2.55. The molecule has 3 N–H and O–H groups in total. The van der Waals surface area contributed by atoms with Crippen molar-refractivity contribution in [2.24, 2.45) is 5.73 Å². The Hall–Kier alpha value is -1.37. The van der Waals surface area contributed by atoms with Gasteiger partial charge in [-0.15, -0.1) is 0 Å². The van der Waals surface area contributed by atoms with Gasteiger partial charge in [-0.1, -0.05) is 12.2 Å². The van der Waals surface area contributed by atoms with E-state index >= 15 is 0 Å². The molecule has 1 heterocycles. The molecule has 0 radical (unpaired) electrons. The number of alkyl halides is 3. The Morgan fingerprint density at radius 1 is 1.50 bits per heavy atom. The molecule has 1 aromatic rings. The normalized spacial score (nSPS) is 11.2. The summed E-state index contributed by atoms with van der Waals surface area (Å²) in [5.41, 5.74) is 6.24. The molecule has 0 aliphatic carbocycles. The van der Waals surface area contributed by atoms with Crippen LogP contribution in [0.3, 0.4) is 0 Å². The van der Waals surface area contributed by atoms with E-state index in [0.717, 1.165) is 0 Å². The van der Waals surface area contributed by atoms with Gasteiger partial charge in [0.1, 0.15) is 4.99 Å².